The molecule has 86 valence electrons. The number of nitrogens with zero attached hydrogens (tertiary/aromatic N) is 3. The Bertz CT molecular complexity index is 659. The quantitative estimate of drug-likeness (QED) is 0.681. The van der Waals surface area contributed by atoms with E-state index in [0.717, 1.165) is 27.9 Å². The molecule has 0 aliphatic heterocycles. The predicted octanol–water partition coefficient (Wildman–Crippen LogP) is 2.13. The summed E-state index contributed by atoms with van der Waals surface area (Å²) in [5.74, 6) is 0.724. The van der Waals surface area contributed by atoms with E-state index in [1.807, 2.05) is 18.5 Å². The molecule has 0 atom stereocenters. The van der Waals surface area contributed by atoms with E-state index >= 15 is 0 Å². The highest BCUT2D eigenvalue weighted by Crippen LogP contribution is 2.31. The molecule has 0 unspecified atom stereocenters. The molecule has 0 saturated carbocycles. The van der Waals surface area contributed by atoms with Crippen LogP contribution in [0.15, 0.2) is 30.9 Å². The van der Waals surface area contributed by atoms with Crippen LogP contribution in [0.1, 0.15) is 0 Å². The number of H-pyrrole nitrogens is 1. The lowest BCUT2D eigenvalue weighted by atomic mass is 10.1. The number of fused-ring (bicyclic) bond motifs is 1. The molecular formula is C11H10N4OS. The zero-order valence-corrected chi connectivity index (χ0v) is 9.98. The summed E-state index contributed by atoms with van der Waals surface area (Å²) >= 11 is 4.35. The summed E-state index contributed by atoms with van der Waals surface area (Å²) in [5, 5.41) is 7.73. The van der Waals surface area contributed by atoms with Gasteiger partial charge in [-0.15, -0.1) is 0 Å². The van der Waals surface area contributed by atoms with Crippen LogP contribution in [0.5, 0.6) is 5.75 Å². The lowest BCUT2D eigenvalue weighted by Gasteiger charge is -2.00. The van der Waals surface area contributed by atoms with Crippen molar-refractivity contribution in [2.24, 2.45) is 0 Å². The Labute approximate surface area is 103 Å². The van der Waals surface area contributed by atoms with E-state index in [1.54, 1.807) is 23.5 Å². The van der Waals surface area contributed by atoms with E-state index in [-0.39, 0.29) is 0 Å². The third kappa shape index (κ3) is 1.57. The van der Waals surface area contributed by atoms with Crippen LogP contribution < -0.4 is 4.74 Å². The highest BCUT2D eigenvalue weighted by atomic mass is 32.1. The van der Waals surface area contributed by atoms with Gasteiger partial charge in [0.25, 0.3) is 0 Å². The van der Waals surface area contributed by atoms with Crippen molar-refractivity contribution < 1.29 is 4.74 Å². The summed E-state index contributed by atoms with van der Waals surface area (Å²) in [6, 6.07) is 1.94. The summed E-state index contributed by atoms with van der Waals surface area (Å²) in [6.45, 7) is 0. The van der Waals surface area contributed by atoms with Gasteiger partial charge in [-0.05, 0) is 6.07 Å². The molecule has 0 saturated heterocycles. The first-order valence-electron chi connectivity index (χ1n) is 5.03. The van der Waals surface area contributed by atoms with Crippen molar-refractivity contribution in [1.82, 2.24) is 19.2 Å². The maximum atomic E-state index is 5.18. The molecule has 5 nitrogen and oxygen atoms in total. The van der Waals surface area contributed by atoms with Crippen LogP contribution in [-0.2, 0) is 0 Å². The monoisotopic (exact) mass is 246 g/mol. The lowest BCUT2D eigenvalue weighted by molar-refractivity contribution is 0.413. The van der Waals surface area contributed by atoms with E-state index < -0.39 is 0 Å². The Balaban J connectivity index is 2.31. The Morgan fingerprint density at radius 2 is 2.29 bits per heavy atom. The number of pyridine rings is 1. The second-order valence-corrected chi connectivity index (χ2v) is 4.05. The van der Waals surface area contributed by atoms with Crippen molar-refractivity contribution in [2.45, 2.75) is 0 Å². The lowest BCUT2D eigenvalue weighted by Crippen LogP contribution is -1.86. The topological polar surface area (TPSA) is 55.7 Å². The molecular weight excluding hydrogens is 236 g/mol. The average Bonchev–Trinajstić information content (AvgIpc) is 2.97. The average molecular weight is 246 g/mol. The van der Waals surface area contributed by atoms with Gasteiger partial charge in [-0.1, -0.05) is 12.8 Å². The number of nitrogens with one attached hydrogen (secondary N) is 1. The van der Waals surface area contributed by atoms with Crippen molar-refractivity contribution in [3.8, 4) is 16.9 Å². The van der Waals surface area contributed by atoms with Crippen molar-refractivity contribution >= 4 is 23.8 Å². The molecule has 1 N–H and O–H groups in total. The summed E-state index contributed by atoms with van der Waals surface area (Å²) in [6.07, 6.45) is 7.18. The predicted molar refractivity (Wildman–Crippen MR) is 68.3 cm³/mol. The van der Waals surface area contributed by atoms with E-state index in [1.165, 1.54) is 0 Å². The largest absolute Gasteiger partial charge is 0.495 e. The van der Waals surface area contributed by atoms with Crippen molar-refractivity contribution in [1.29, 1.82) is 0 Å². The SMILES string of the molecule is COc1cnc2c(c1)c(-c1cn[nH]c1)cn2S. The number of ether oxygens (including phenoxy) is 1. The number of aromatic nitrogens is 4. The van der Waals surface area contributed by atoms with Crippen LogP contribution in [-0.4, -0.2) is 26.3 Å². The zero-order chi connectivity index (χ0) is 11.8. The number of rotatable bonds is 2. The minimum Gasteiger partial charge on any atom is -0.495 e. The third-order valence-electron chi connectivity index (χ3n) is 2.65. The number of hydrogen-bond donors (Lipinski definition) is 2. The molecule has 0 fully saturated rings. The highest BCUT2D eigenvalue weighted by molar-refractivity contribution is 7.78. The standard InChI is InChI=1S/C11H10N4OS/c1-16-8-2-9-10(7-3-13-14-4-7)6-15(17)11(9)12-5-8/h2-6,17H,1H3,(H,13,14). The first kappa shape index (κ1) is 10.2. The minimum atomic E-state index is 0.724. The van der Waals surface area contributed by atoms with E-state index in [9.17, 15) is 0 Å². The van der Waals surface area contributed by atoms with Crippen LogP contribution in [0.3, 0.4) is 0 Å². The van der Waals surface area contributed by atoms with Crippen LogP contribution >= 0.6 is 12.8 Å². The summed E-state index contributed by atoms with van der Waals surface area (Å²) in [4.78, 5) is 4.31. The maximum Gasteiger partial charge on any atom is 0.150 e. The molecule has 3 heterocycles. The van der Waals surface area contributed by atoms with Gasteiger partial charge in [0.1, 0.15) is 5.75 Å². The summed E-state index contributed by atoms with van der Waals surface area (Å²) in [7, 11) is 1.62. The molecule has 0 bridgehead atoms. The molecule has 0 aliphatic rings. The normalized spacial score (nSPS) is 10.9. The van der Waals surface area contributed by atoms with Crippen LogP contribution in [0.4, 0.5) is 0 Å². The second-order valence-electron chi connectivity index (χ2n) is 3.62. The van der Waals surface area contributed by atoms with E-state index in [4.69, 9.17) is 4.74 Å². The molecule has 3 aromatic heterocycles. The van der Waals surface area contributed by atoms with Gasteiger partial charge < -0.3 is 4.74 Å². The van der Waals surface area contributed by atoms with Gasteiger partial charge >= 0.3 is 0 Å². The van der Waals surface area contributed by atoms with Gasteiger partial charge in [0, 0.05) is 28.9 Å². The molecule has 0 aliphatic carbocycles. The van der Waals surface area contributed by atoms with Gasteiger partial charge in [-0.2, -0.15) is 5.10 Å². The molecule has 0 aromatic carbocycles. The van der Waals surface area contributed by atoms with Gasteiger partial charge in [0.05, 0.1) is 19.5 Å². The Hall–Kier alpha value is -1.95. The fourth-order valence-corrected chi connectivity index (χ4v) is 2.09. The summed E-state index contributed by atoms with van der Waals surface area (Å²) in [5.41, 5.74) is 2.82. The number of hydrogen-bond acceptors (Lipinski definition) is 4. The van der Waals surface area contributed by atoms with E-state index in [0.29, 0.717) is 0 Å². The van der Waals surface area contributed by atoms with Crippen molar-refractivity contribution in [2.75, 3.05) is 7.11 Å². The second kappa shape index (κ2) is 3.81. The molecule has 17 heavy (non-hydrogen) atoms. The van der Waals surface area contributed by atoms with Gasteiger partial charge in [0.15, 0.2) is 5.65 Å². The Morgan fingerprint density at radius 1 is 1.41 bits per heavy atom. The van der Waals surface area contributed by atoms with Gasteiger partial charge in [-0.3, -0.25) is 9.07 Å². The number of thiol groups is 1. The Morgan fingerprint density at radius 3 is 3.00 bits per heavy atom. The van der Waals surface area contributed by atoms with Crippen molar-refractivity contribution in [3.63, 3.8) is 0 Å². The summed E-state index contributed by atoms with van der Waals surface area (Å²) < 4.78 is 6.88. The molecule has 3 rings (SSSR count). The highest BCUT2D eigenvalue weighted by Gasteiger charge is 2.11. The van der Waals surface area contributed by atoms with Crippen LogP contribution in [0.2, 0.25) is 0 Å². The zero-order valence-electron chi connectivity index (χ0n) is 9.08. The fourth-order valence-electron chi connectivity index (χ4n) is 1.81. The van der Waals surface area contributed by atoms with Gasteiger partial charge in [-0.25, -0.2) is 4.98 Å². The number of methoxy groups -OCH3 is 1. The van der Waals surface area contributed by atoms with E-state index in [2.05, 4.69) is 28.0 Å². The van der Waals surface area contributed by atoms with Crippen molar-refractivity contribution in [3.05, 3.63) is 30.9 Å². The third-order valence-corrected chi connectivity index (χ3v) is 2.95. The van der Waals surface area contributed by atoms with Crippen LogP contribution in [0, 0.1) is 0 Å². The minimum absolute atomic E-state index is 0.724. The first-order chi connectivity index (χ1) is 8.29. The molecule has 3 aromatic rings. The maximum absolute atomic E-state index is 5.18. The molecule has 0 spiro atoms. The smallest absolute Gasteiger partial charge is 0.150 e. The van der Waals surface area contributed by atoms with Crippen LogP contribution in [0.25, 0.3) is 22.2 Å². The first-order valence-corrected chi connectivity index (χ1v) is 5.43. The van der Waals surface area contributed by atoms with Gasteiger partial charge in [0.2, 0.25) is 0 Å². The molecule has 6 heteroatoms. The molecule has 0 amide bonds. The fraction of sp³-hybridized carbons (Fsp3) is 0.0909. The number of aromatic amines is 1. The Kier molecular flexibility index (Phi) is 2.29. The molecule has 0 radical (unpaired) electrons.